The average molecular weight is 247 g/mol. The van der Waals surface area contributed by atoms with Crippen LogP contribution in [0.15, 0.2) is 30.3 Å². The van der Waals surface area contributed by atoms with Crippen LogP contribution in [0.1, 0.15) is 37.7 Å². The lowest BCUT2D eigenvalue weighted by Gasteiger charge is -2.28. The van der Waals surface area contributed by atoms with Crippen molar-refractivity contribution in [1.82, 2.24) is 4.90 Å². The molecule has 0 aliphatic heterocycles. The first kappa shape index (κ1) is 13.1. The van der Waals surface area contributed by atoms with E-state index in [9.17, 15) is 4.79 Å². The van der Waals surface area contributed by atoms with E-state index in [1.165, 1.54) is 31.2 Å². The van der Waals surface area contributed by atoms with Gasteiger partial charge in [-0.15, -0.1) is 0 Å². The van der Waals surface area contributed by atoms with Crippen LogP contribution < -0.4 is 0 Å². The topological polar surface area (TPSA) is 40.5 Å². The molecule has 98 valence electrons. The molecule has 0 radical (unpaired) electrons. The molecule has 3 heteroatoms. The van der Waals surface area contributed by atoms with Crippen molar-refractivity contribution in [3.8, 4) is 0 Å². The van der Waals surface area contributed by atoms with Gasteiger partial charge in [-0.05, 0) is 18.4 Å². The van der Waals surface area contributed by atoms with Gasteiger partial charge in [-0.25, -0.2) is 0 Å². The second-order valence-corrected chi connectivity index (χ2v) is 5.04. The van der Waals surface area contributed by atoms with Crippen LogP contribution in [0.25, 0.3) is 0 Å². The molecule has 0 atom stereocenters. The van der Waals surface area contributed by atoms with Crippen molar-refractivity contribution in [2.45, 2.75) is 44.7 Å². The summed E-state index contributed by atoms with van der Waals surface area (Å²) in [5.41, 5.74) is 1.27. The lowest BCUT2D eigenvalue weighted by atomic mass is 10.1. The highest BCUT2D eigenvalue weighted by Gasteiger charge is 2.22. The van der Waals surface area contributed by atoms with E-state index >= 15 is 0 Å². The first-order chi connectivity index (χ1) is 8.75. The third-order valence-corrected chi connectivity index (χ3v) is 3.68. The van der Waals surface area contributed by atoms with E-state index < -0.39 is 5.97 Å². The lowest BCUT2D eigenvalue weighted by molar-refractivity contribution is -0.137. The second-order valence-electron chi connectivity index (χ2n) is 5.04. The van der Waals surface area contributed by atoms with E-state index in [4.69, 9.17) is 5.11 Å². The van der Waals surface area contributed by atoms with Crippen molar-refractivity contribution in [1.29, 1.82) is 0 Å². The Bertz CT molecular complexity index is 371. The molecule has 1 fully saturated rings. The zero-order valence-corrected chi connectivity index (χ0v) is 10.7. The number of nitrogens with zero attached hydrogens (tertiary/aromatic N) is 1. The summed E-state index contributed by atoms with van der Waals surface area (Å²) in [4.78, 5) is 13.1. The third kappa shape index (κ3) is 3.84. The summed E-state index contributed by atoms with van der Waals surface area (Å²) < 4.78 is 0. The van der Waals surface area contributed by atoms with E-state index in [2.05, 4.69) is 17.0 Å². The Balaban J connectivity index is 1.97. The number of carboxylic acid groups (broad SMARTS) is 1. The standard InChI is InChI=1S/C15H21NO2/c17-15(18)10-11-16(14-8-4-5-9-14)12-13-6-2-1-3-7-13/h1-3,6-7,14H,4-5,8-12H2,(H,17,18). The van der Waals surface area contributed by atoms with E-state index in [0.29, 0.717) is 12.6 Å². The Kier molecular flexibility index (Phi) is 4.76. The van der Waals surface area contributed by atoms with Gasteiger partial charge in [0.25, 0.3) is 0 Å². The highest BCUT2D eigenvalue weighted by molar-refractivity contribution is 5.66. The summed E-state index contributed by atoms with van der Waals surface area (Å²) in [6, 6.07) is 10.9. The SMILES string of the molecule is O=C(O)CCN(Cc1ccccc1)C1CCCC1. The predicted octanol–water partition coefficient (Wildman–Crippen LogP) is 2.91. The Morgan fingerprint density at radius 3 is 2.50 bits per heavy atom. The molecule has 0 heterocycles. The van der Waals surface area contributed by atoms with Crippen molar-refractivity contribution < 1.29 is 9.90 Å². The number of hydrogen-bond acceptors (Lipinski definition) is 2. The Morgan fingerprint density at radius 1 is 1.22 bits per heavy atom. The normalized spacial score (nSPS) is 16.3. The van der Waals surface area contributed by atoms with Crippen molar-refractivity contribution in [3.05, 3.63) is 35.9 Å². The summed E-state index contributed by atoms with van der Waals surface area (Å²) in [6.45, 7) is 1.54. The monoisotopic (exact) mass is 247 g/mol. The lowest BCUT2D eigenvalue weighted by Crippen LogP contribution is -2.34. The molecule has 2 rings (SSSR count). The number of hydrogen-bond donors (Lipinski definition) is 1. The van der Waals surface area contributed by atoms with Crippen LogP contribution >= 0.6 is 0 Å². The van der Waals surface area contributed by atoms with Gasteiger partial charge in [0.2, 0.25) is 0 Å². The van der Waals surface area contributed by atoms with Gasteiger partial charge in [0.15, 0.2) is 0 Å². The molecule has 1 aromatic rings. The molecule has 0 aromatic heterocycles. The number of aliphatic carboxylic acids is 1. The summed E-state index contributed by atoms with van der Waals surface area (Å²) >= 11 is 0. The van der Waals surface area contributed by atoms with E-state index in [1.54, 1.807) is 0 Å². The van der Waals surface area contributed by atoms with Gasteiger partial charge < -0.3 is 5.11 Å². The molecular weight excluding hydrogens is 226 g/mol. The fourth-order valence-electron chi connectivity index (χ4n) is 2.72. The van der Waals surface area contributed by atoms with Gasteiger partial charge in [0.05, 0.1) is 6.42 Å². The fraction of sp³-hybridized carbons (Fsp3) is 0.533. The molecule has 1 aliphatic rings. The molecule has 1 aromatic carbocycles. The fourth-order valence-corrected chi connectivity index (χ4v) is 2.72. The molecule has 18 heavy (non-hydrogen) atoms. The van der Waals surface area contributed by atoms with Crippen LogP contribution in [-0.4, -0.2) is 28.6 Å². The highest BCUT2D eigenvalue weighted by Crippen LogP contribution is 2.25. The smallest absolute Gasteiger partial charge is 0.304 e. The first-order valence-corrected chi connectivity index (χ1v) is 6.75. The van der Waals surface area contributed by atoms with Crippen LogP contribution in [0.2, 0.25) is 0 Å². The van der Waals surface area contributed by atoms with Gasteiger partial charge in [0, 0.05) is 19.1 Å². The molecule has 3 nitrogen and oxygen atoms in total. The largest absolute Gasteiger partial charge is 0.481 e. The average Bonchev–Trinajstić information content (AvgIpc) is 2.89. The maximum Gasteiger partial charge on any atom is 0.304 e. The Hall–Kier alpha value is -1.35. The second kappa shape index (κ2) is 6.55. The van der Waals surface area contributed by atoms with Crippen LogP contribution in [0.4, 0.5) is 0 Å². The Morgan fingerprint density at radius 2 is 1.89 bits per heavy atom. The molecule has 1 N–H and O–H groups in total. The molecule has 0 bridgehead atoms. The molecule has 0 amide bonds. The van der Waals surface area contributed by atoms with Crippen molar-refractivity contribution in [3.63, 3.8) is 0 Å². The zero-order valence-electron chi connectivity index (χ0n) is 10.7. The van der Waals surface area contributed by atoms with Crippen LogP contribution in [-0.2, 0) is 11.3 Å². The van der Waals surface area contributed by atoms with Gasteiger partial charge in [0.1, 0.15) is 0 Å². The van der Waals surface area contributed by atoms with E-state index in [1.807, 2.05) is 18.2 Å². The predicted molar refractivity (Wildman–Crippen MR) is 71.4 cm³/mol. The Labute approximate surface area is 108 Å². The number of rotatable bonds is 6. The number of carbonyl (C=O) groups is 1. The molecule has 0 spiro atoms. The summed E-state index contributed by atoms with van der Waals surface area (Å²) in [5, 5.41) is 8.84. The minimum absolute atomic E-state index is 0.239. The highest BCUT2D eigenvalue weighted by atomic mass is 16.4. The zero-order chi connectivity index (χ0) is 12.8. The molecule has 1 saturated carbocycles. The summed E-state index contributed by atoms with van der Waals surface area (Å²) in [5.74, 6) is -0.703. The van der Waals surface area contributed by atoms with Crippen LogP contribution in [0.5, 0.6) is 0 Å². The molecular formula is C15H21NO2. The summed E-state index contributed by atoms with van der Waals surface area (Å²) in [7, 11) is 0. The van der Waals surface area contributed by atoms with Gasteiger partial charge in [-0.1, -0.05) is 43.2 Å². The maximum absolute atomic E-state index is 10.7. The minimum Gasteiger partial charge on any atom is -0.481 e. The third-order valence-electron chi connectivity index (χ3n) is 3.68. The van der Waals surface area contributed by atoms with Crippen LogP contribution in [0, 0.1) is 0 Å². The van der Waals surface area contributed by atoms with E-state index in [0.717, 1.165) is 6.54 Å². The molecule has 0 unspecified atom stereocenters. The van der Waals surface area contributed by atoms with Crippen molar-refractivity contribution >= 4 is 5.97 Å². The van der Waals surface area contributed by atoms with Gasteiger partial charge >= 0.3 is 5.97 Å². The van der Waals surface area contributed by atoms with Gasteiger partial charge in [-0.2, -0.15) is 0 Å². The van der Waals surface area contributed by atoms with E-state index in [-0.39, 0.29) is 6.42 Å². The minimum atomic E-state index is -0.703. The van der Waals surface area contributed by atoms with Gasteiger partial charge in [-0.3, -0.25) is 9.69 Å². The molecule has 1 aliphatic carbocycles. The number of carboxylic acids is 1. The quantitative estimate of drug-likeness (QED) is 0.840. The van der Waals surface area contributed by atoms with Crippen LogP contribution in [0.3, 0.4) is 0 Å². The number of benzene rings is 1. The maximum atomic E-state index is 10.7. The van der Waals surface area contributed by atoms with Crippen molar-refractivity contribution in [2.24, 2.45) is 0 Å². The van der Waals surface area contributed by atoms with Crippen molar-refractivity contribution in [2.75, 3.05) is 6.54 Å². The molecule has 0 saturated heterocycles. The summed E-state index contributed by atoms with van der Waals surface area (Å²) in [6.07, 6.45) is 5.23. The first-order valence-electron chi connectivity index (χ1n) is 6.75.